The molecule has 0 saturated carbocycles. The first-order valence-corrected chi connectivity index (χ1v) is 14.1. The molecule has 196 valence electrons. The lowest BCUT2D eigenvalue weighted by atomic mass is 10.0. The van der Waals surface area contributed by atoms with E-state index < -0.39 is 0 Å². The molecule has 4 aromatic rings. The van der Waals surface area contributed by atoms with Gasteiger partial charge in [-0.1, -0.05) is 43.0 Å². The molecule has 0 aliphatic carbocycles. The van der Waals surface area contributed by atoms with Gasteiger partial charge in [0.25, 0.3) is 0 Å². The fraction of sp³-hybridized carbons (Fsp3) is 0.345. The van der Waals surface area contributed by atoms with E-state index in [9.17, 15) is 10.2 Å². The highest BCUT2D eigenvalue weighted by Gasteiger charge is 2.29. The maximum atomic E-state index is 10.1. The minimum absolute atomic E-state index is 0.221. The summed E-state index contributed by atoms with van der Waals surface area (Å²) in [7, 11) is 0. The smallest absolute Gasteiger partial charge is 0.223 e. The van der Waals surface area contributed by atoms with Crippen LogP contribution in [0, 0.1) is 0 Å². The van der Waals surface area contributed by atoms with Crippen molar-refractivity contribution in [1.29, 1.82) is 0 Å². The van der Waals surface area contributed by atoms with Crippen LogP contribution in [-0.4, -0.2) is 65.6 Å². The largest absolute Gasteiger partial charge is 0.508 e. The zero-order valence-electron chi connectivity index (χ0n) is 21.4. The molecular formula is C29H32N6O2S. The SMILES string of the molecule is C[C@H]1Cn2c(nc(-c3cccc(O)c3)c2-c2ccnc(N[C@@H]3CCCN(CCc4cccc(O)c4)C3)n2)S1. The van der Waals surface area contributed by atoms with Crippen LogP contribution >= 0.6 is 11.8 Å². The Morgan fingerprint density at radius 1 is 1.03 bits per heavy atom. The van der Waals surface area contributed by atoms with Crippen LogP contribution in [-0.2, 0) is 13.0 Å². The van der Waals surface area contributed by atoms with Gasteiger partial charge >= 0.3 is 0 Å². The topological polar surface area (TPSA) is 99.3 Å². The van der Waals surface area contributed by atoms with E-state index in [-0.39, 0.29) is 11.8 Å². The van der Waals surface area contributed by atoms with Gasteiger partial charge in [-0.3, -0.25) is 0 Å². The molecule has 2 aromatic carbocycles. The summed E-state index contributed by atoms with van der Waals surface area (Å²) in [6.07, 6.45) is 4.91. The van der Waals surface area contributed by atoms with E-state index in [2.05, 4.69) is 32.8 Å². The quantitative estimate of drug-likeness (QED) is 0.307. The second-order valence-electron chi connectivity index (χ2n) is 10.2. The Labute approximate surface area is 226 Å². The normalized spacial score (nSPS) is 19.4. The maximum Gasteiger partial charge on any atom is 0.223 e. The third kappa shape index (κ3) is 5.35. The average Bonchev–Trinajstić information content (AvgIpc) is 3.44. The van der Waals surface area contributed by atoms with Gasteiger partial charge in [-0.15, -0.1) is 0 Å². The minimum atomic E-state index is 0.221. The van der Waals surface area contributed by atoms with Crippen LogP contribution in [0.4, 0.5) is 5.95 Å². The van der Waals surface area contributed by atoms with E-state index in [4.69, 9.17) is 9.97 Å². The lowest BCUT2D eigenvalue weighted by Gasteiger charge is -2.33. The van der Waals surface area contributed by atoms with Crippen molar-refractivity contribution in [2.24, 2.45) is 0 Å². The number of phenols is 2. The van der Waals surface area contributed by atoms with E-state index in [0.717, 1.165) is 78.8 Å². The van der Waals surface area contributed by atoms with Gasteiger partial charge in [0.1, 0.15) is 11.5 Å². The van der Waals surface area contributed by atoms with Crippen LogP contribution in [0.5, 0.6) is 11.5 Å². The van der Waals surface area contributed by atoms with Crippen LogP contribution in [0.25, 0.3) is 22.6 Å². The third-order valence-electron chi connectivity index (χ3n) is 7.16. The third-order valence-corrected chi connectivity index (χ3v) is 8.24. The number of fused-ring (bicyclic) bond motifs is 1. The number of aromatic nitrogens is 4. The summed E-state index contributed by atoms with van der Waals surface area (Å²) >= 11 is 1.77. The van der Waals surface area contributed by atoms with Gasteiger partial charge in [-0.2, -0.15) is 0 Å². The van der Waals surface area contributed by atoms with E-state index in [1.807, 2.05) is 36.5 Å². The monoisotopic (exact) mass is 528 g/mol. The summed E-state index contributed by atoms with van der Waals surface area (Å²) in [6, 6.07) is 17.0. The molecule has 1 saturated heterocycles. The molecule has 2 atom stereocenters. The summed E-state index contributed by atoms with van der Waals surface area (Å²) in [5, 5.41) is 24.9. The number of anilines is 1. The first kappa shape index (κ1) is 24.8. The van der Waals surface area contributed by atoms with Gasteiger partial charge in [-0.25, -0.2) is 15.0 Å². The number of imidazole rings is 1. The van der Waals surface area contributed by atoms with Crippen LogP contribution in [0.3, 0.4) is 0 Å². The van der Waals surface area contributed by atoms with Gasteiger partial charge in [0.05, 0.1) is 17.1 Å². The molecule has 0 radical (unpaired) electrons. The Balaban J connectivity index is 1.20. The van der Waals surface area contributed by atoms with Crippen molar-refractivity contribution in [2.45, 2.75) is 49.2 Å². The average molecular weight is 529 g/mol. The number of hydrogen-bond donors (Lipinski definition) is 3. The fourth-order valence-electron chi connectivity index (χ4n) is 5.40. The molecule has 3 N–H and O–H groups in total. The van der Waals surface area contributed by atoms with Crippen LogP contribution in [0.2, 0.25) is 0 Å². The molecule has 6 rings (SSSR count). The van der Waals surface area contributed by atoms with Crippen molar-refractivity contribution in [2.75, 3.05) is 25.0 Å². The van der Waals surface area contributed by atoms with Crippen molar-refractivity contribution >= 4 is 17.7 Å². The van der Waals surface area contributed by atoms with Crippen molar-refractivity contribution in [3.8, 4) is 34.1 Å². The lowest BCUT2D eigenvalue weighted by molar-refractivity contribution is 0.218. The molecule has 2 aliphatic heterocycles. The van der Waals surface area contributed by atoms with Crippen molar-refractivity contribution in [3.63, 3.8) is 0 Å². The highest BCUT2D eigenvalue weighted by molar-refractivity contribution is 8.00. The Morgan fingerprint density at radius 2 is 1.87 bits per heavy atom. The molecule has 2 aliphatic rings. The van der Waals surface area contributed by atoms with Crippen molar-refractivity contribution in [1.82, 2.24) is 24.4 Å². The number of nitrogens with one attached hydrogen (secondary N) is 1. The number of benzene rings is 2. The summed E-state index contributed by atoms with van der Waals surface area (Å²) in [5.41, 5.74) is 4.64. The molecular weight excluding hydrogens is 496 g/mol. The van der Waals surface area contributed by atoms with Crippen LogP contribution < -0.4 is 5.32 Å². The zero-order valence-corrected chi connectivity index (χ0v) is 22.2. The minimum Gasteiger partial charge on any atom is -0.508 e. The Morgan fingerprint density at radius 3 is 2.71 bits per heavy atom. The number of aromatic hydroxyl groups is 2. The zero-order chi connectivity index (χ0) is 26.1. The summed E-state index contributed by atoms with van der Waals surface area (Å²) in [4.78, 5) is 16.9. The second-order valence-corrected chi connectivity index (χ2v) is 11.6. The number of phenolic OH excluding ortho intramolecular Hbond substituents is 2. The number of thioether (sulfide) groups is 1. The summed E-state index contributed by atoms with van der Waals surface area (Å²) in [5.74, 6) is 1.17. The number of piperidine rings is 1. The van der Waals surface area contributed by atoms with Gasteiger partial charge in [-0.05, 0) is 61.7 Å². The maximum absolute atomic E-state index is 10.1. The van der Waals surface area contributed by atoms with E-state index >= 15 is 0 Å². The highest BCUT2D eigenvalue weighted by atomic mass is 32.2. The van der Waals surface area contributed by atoms with E-state index in [0.29, 0.717) is 16.9 Å². The summed E-state index contributed by atoms with van der Waals surface area (Å²) in [6.45, 7) is 6.03. The molecule has 1 fully saturated rings. The lowest BCUT2D eigenvalue weighted by Crippen LogP contribution is -2.43. The molecule has 38 heavy (non-hydrogen) atoms. The first-order valence-electron chi connectivity index (χ1n) is 13.2. The fourth-order valence-corrected chi connectivity index (χ4v) is 6.42. The van der Waals surface area contributed by atoms with Gasteiger partial charge in [0.2, 0.25) is 5.95 Å². The molecule has 4 heterocycles. The molecule has 9 heteroatoms. The number of hydrogen-bond acceptors (Lipinski definition) is 8. The summed E-state index contributed by atoms with van der Waals surface area (Å²) < 4.78 is 2.24. The Hall–Kier alpha value is -3.56. The number of rotatable bonds is 7. The number of nitrogens with zero attached hydrogens (tertiary/aromatic N) is 5. The molecule has 2 aromatic heterocycles. The standard InChI is InChI=1S/C29H32N6O2S/c1-19-17-35-27(26(33-29(35)38-19)21-6-3-9-24(37)16-21)25-10-12-30-28(32-25)31-22-7-4-13-34(18-22)14-11-20-5-2-8-23(36)15-20/h2-3,5-6,8-10,12,15-16,19,22,36-37H,4,7,11,13-14,17-18H2,1H3,(H,30,31,32)/t19-,22+/m0/s1. The Bertz CT molecular complexity index is 1440. The van der Waals surface area contributed by atoms with Crippen LogP contribution in [0.1, 0.15) is 25.3 Å². The number of likely N-dealkylation sites (tertiary alicyclic amines) is 1. The van der Waals surface area contributed by atoms with E-state index in [1.54, 1.807) is 30.0 Å². The Kier molecular flexibility index (Phi) is 6.95. The molecule has 0 spiro atoms. The van der Waals surface area contributed by atoms with Crippen molar-refractivity contribution in [3.05, 3.63) is 66.4 Å². The molecule has 0 unspecified atom stereocenters. The molecule has 8 nitrogen and oxygen atoms in total. The molecule has 0 amide bonds. The van der Waals surface area contributed by atoms with Crippen LogP contribution in [0.15, 0.2) is 66.0 Å². The van der Waals surface area contributed by atoms with Gasteiger partial charge in [0, 0.05) is 42.7 Å². The highest BCUT2D eigenvalue weighted by Crippen LogP contribution is 2.41. The first-order chi connectivity index (χ1) is 18.5. The molecule has 0 bridgehead atoms. The second kappa shape index (κ2) is 10.7. The predicted molar refractivity (Wildman–Crippen MR) is 151 cm³/mol. The van der Waals surface area contributed by atoms with Gasteiger partial charge in [0.15, 0.2) is 5.16 Å². The van der Waals surface area contributed by atoms with Gasteiger partial charge < -0.3 is 25.0 Å². The van der Waals surface area contributed by atoms with Crippen molar-refractivity contribution < 1.29 is 10.2 Å². The predicted octanol–water partition coefficient (Wildman–Crippen LogP) is 5.03. The van der Waals surface area contributed by atoms with E-state index in [1.165, 1.54) is 0 Å².